The number of carboxylic acids is 1. The number of nitrogens with one attached hydrogen (secondary N) is 1. The molecule has 2 amide bonds. The quantitative estimate of drug-likeness (QED) is 0.353. The van der Waals surface area contributed by atoms with Crippen molar-refractivity contribution < 1.29 is 48.0 Å². The molecule has 0 aromatic heterocycles. The third-order valence-corrected chi connectivity index (χ3v) is 5.35. The Morgan fingerprint density at radius 2 is 1.73 bits per heavy atom. The number of nitrogens with two attached hydrogens (primary N) is 1. The molecule has 2 aromatic rings. The van der Waals surface area contributed by atoms with Crippen LogP contribution in [0, 0.1) is 0 Å². The number of ether oxygens (including phenoxy) is 5. The molecular weight excluding hydrogens is 488 g/mol. The number of hydrogen-bond acceptors (Lipinski definition) is 9. The topological polar surface area (TPSA) is 173 Å². The number of hydrogen-bond donors (Lipinski definition) is 3. The molecule has 0 radical (unpaired) electrons. The number of carboxylic acid groups (broad SMARTS) is 1. The van der Waals surface area contributed by atoms with Gasteiger partial charge in [0.15, 0.2) is 23.9 Å². The second kappa shape index (κ2) is 11.8. The molecule has 1 atom stereocenters. The molecule has 0 spiro atoms. The largest absolute Gasteiger partial charge is 0.496 e. The van der Waals surface area contributed by atoms with Crippen molar-refractivity contribution in [2.24, 2.45) is 5.73 Å². The molecule has 0 bridgehead atoms. The van der Waals surface area contributed by atoms with Gasteiger partial charge in [-0.05, 0) is 30.7 Å². The Morgan fingerprint density at radius 3 is 2.35 bits per heavy atom. The summed E-state index contributed by atoms with van der Waals surface area (Å²) in [4.78, 5) is 47.2. The van der Waals surface area contributed by atoms with E-state index in [4.69, 9.17) is 29.4 Å². The van der Waals surface area contributed by atoms with Crippen LogP contribution in [0.25, 0.3) is 6.08 Å². The van der Waals surface area contributed by atoms with Crippen LogP contribution in [0.5, 0.6) is 28.7 Å². The highest BCUT2D eigenvalue weighted by Crippen LogP contribution is 2.39. The molecule has 1 heterocycles. The summed E-state index contributed by atoms with van der Waals surface area (Å²) in [6, 6.07) is 6.39. The van der Waals surface area contributed by atoms with Crippen molar-refractivity contribution in [2.75, 3.05) is 27.9 Å². The summed E-state index contributed by atoms with van der Waals surface area (Å²) in [6.45, 7) is -0.501. The van der Waals surface area contributed by atoms with Crippen LogP contribution < -0.4 is 34.7 Å². The highest BCUT2D eigenvalue weighted by Gasteiger charge is 2.29. The summed E-state index contributed by atoms with van der Waals surface area (Å²) >= 11 is 0. The lowest BCUT2D eigenvalue weighted by atomic mass is 10.1. The highest BCUT2D eigenvalue weighted by molar-refractivity contribution is 6.14. The second-order valence-electron chi connectivity index (χ2n) is 7.80. The maximum atomic E-state index is 12.9. The zero-order chi connectivity index (χ0) is 27.1. The zero-order valence-corrected chi connectivity index (χ0v) is 20.4. The first-order valence-corrected chi connectivity index (χ1v) is 11.0. The number of rotatable bonds is 12. The van der Waals surface area contributed by atoms with Crippen molar-refractivity contribution in [3.8, 4) is 28.7 Å². The van der Waals surface area contributed by atoms with E-state index >= 15 is 0 Å². The summed E-state index contributed by atoms with van der Waals surface area (Å²) < 4.78 is 27.1. The minimum atomic E-state index is -1.30. The number of aliphatic carboxylic acids is 1. The minimum absolute atomic E-state index is 0.0363. The van der Waals surface area contributed by atoms with Gasteiger partial charge in [-0.15, -0.1) is 0 Å². The van der Waals surface area contributed by atoms with Gasteiger partial charge in [-0.3, -0.25) is 14.4 Å². The van der Waals surface area contributed by atoms with Gasteiger partial charge in [-0.25, -0.2) is 4.79 Å². The fraction of sp³-hybridized carbons (Fsp3) is 0.280. The normalized spacial score (nSPS) is 13.8. The second-order valence-corrected chi connectivity index (χ2v) is 7.80. The van der Waals surface area contributed by atoms with Crippen LogP contribution in [0.15, 0.2) is 36.1 Å². The number of carbonyl (C=O) groups is 4. The van der Waals surface area contributed by atoms with Gasteiger partial charge in [0.2, 0.25) is 11.7 Å². The third-order valence-electron chi connectivity index (χ3n) is 5.35. The molecule has 0 aliphatic carbocycles. The first kappa shape index (κ1) is 26.9. The predicted molar refractivity (Wildman–Crippen MR) is 129 cm³/mol. The number of Topliss-reactive ketones (excluding diaryl/α,β-unsaturated/α-hetero) is 1. The third kappa shape index (κ3) is 6.48. The van der Waals surface area contributed by atoms with Crippen LogP contribution in [-0.2, 0) is 14.4 Å². The van der Waals surface area contributed by atoms with E-state index in [9.17, 15) is 24.3 Å². The van der Waals surface area contributed by atoms with E-state index in [1.165, 1.54) is 45.6 Å². The van der Waals surface area contributed by atoms with Crippen molar-refractivity contribution in [3.63, 3.8) is 0 Å². The van der Waals surface area contributed by atoms with E-state index in [1.54, 1.807) is 12.1 Å². The number of amides is 2. The van der Waals surface area contributed by atoms with Crippen molar-refractivity contribution >= 4 is 29.6 Å². The average molecular weight is 514 g/mol. The van der Waals surface area contributed by atoms with Gasteiger partial charge in [0.1, 0.15) is 23.3 Å². The molecule has 0 unspecified atom stereocenters. The molecule has 0 saturated heterocycles. The molecule has 3 rings (SSSR count). The van der Waals surface area contributed by atoms with E-state index in [0.717, 1.165) is 0 Å². The maximum Gasteiger partial charge on any atom is 0.326 e. The van der Waals surface area contributed by atoms with Crippen LogP contribution in [0.4, 0.5) is 0 Å². The number of allylic oxidation sites excluding steroid dienone is 1. The van der Waals surface area contributed by atoms with Crippen molar-refractivity contribution in [1.29, 1.82) is 0 Å². The first-order valence-electron chi connectivity index (χ1n) is 11.0. The Balaban J connectivity index is 1.71. The fourth-order valence-corrected chi connectivity index (χ4v) is 3.49. The SMILES string of the molecule is COc1cc(OC)c(OC)cc1C=C1Oc2cc(OCC(=O)N[C@@H](CCC(N)=O)C(=O)O)ccc2C1=O. The number of fused-ring (bicyclic) bond motifs is 1. The Hall–Kier alpha value is -4.74. The summed E-state index contributed by atoms with van der Waals surface area (Å²) in [5.74, 6) is -1.26. The Kier molecular flexibility index (Phi) is 8.56. The first-order chi connectivity index (χ1) is 17.7. The van der Waals surface area contributed by atoms with Gasteiger partial charge >= 0.3 is 5.97 Å². The monoisotopic (exact) mass is 514 g/mol. The van der Waals surface area contributed by atoms with Crippen molar-refractivity contribution in [3.05, 3.63) is 47.2 Å². The van der Waals surface area contributed by atoms with E-state index in [1.807, 2.05) is 0 Å². The van der Waals surface area contributed by atoms with Crippen LogP contribution in [0.2, 0.25) is 0 Å². The van der Waals surface area contributed by atoms with Gasteiger partial charge in [-0.1, -0.05) is 0 Å². The molecule has 0 fully saturated rings. The van der Waals surface area contributed by atoms with Crippen LogP contribution in [0.3, 0.4) is 0 Å². The van der Waals surface area contributed by atoms with Crippen LogP contribution in [-0.4, -0.2) is 62.7 Å². The number of methoxy groups -OCH3 is 3. The Labute approximate surface area is 211 Å². The summed E-state index contributed by atoms with van der Waals surface area (Å²) in [6.07, 6.45) is 1.17. The molecule has 4 N–H and O–H groups in total. The summed E-state index contributed by atoms with van der Waals surface area (Å²) in [7, 11) is 4.46. The Bertz CT molecular complexity index is 1250. The van der Waals surface area contributed by atoms with E-state index in [-0.39, 0.29) is 35.9 Å². The smallest absolute Gasteiger partial charge is 0.326 e. The lowest BCUT2D eigenvalue weighted by Crippen LogP contribution is -2.43. The van der Waals surface area contributed by atoms with E-state index in [2.05, 4.69) is 5.32 Å². The minimum Gasteiger partial charge on any atom is -0.496 e. The molecule has 37 heavy (non-hydrogen) atoms. The molecule has 12 heteroatoms. The van der Waals surface area contributed by atoms with E-state index < -0.39 is 30.4 Å². The lowest BCUT2D eigenvalue weighted by molar-refractivity contribution is -0.142. The maximum absolute atomic E-state index is 12.9. The fourth-order valence-electron chi connectivity index (χ4n) is 3.49. The number of benzene rings is 2. The molecule has 196 valence electrons. The summed E-state index contributed by atoms with van der Waals surface area (Å²) in [5.41, 5.74) is 5.84. The number of primary amides is 1. The lowest BCUT2D eigenvalue weighted by Gasteiger charge is -2.14. The molecule has 12 nitrogen and oxygen atoms in total. The zero-order valence-electron chi connectivity index (χ0n) is 20.4. The molecule has 1 aliphatic rings. The Morgan fingerprint density at radius 1 is 1.05 bits per heavy atom. The highest BCUT2D eigenvalue weighted by atomic mass is 16.5. The van der Waals surface area contributed by atoms with Crippen molar-refractivity contribution in [2.45, 2.75) is 18.9 Å². The van der Waals surface area contributed by atoms with Gasteiger partial charge in [0, 0.05) is 24.1 Å². The molecule has 0 saturated carbocycles. The number of carbonyl (C=O) groups excluding carboxylic acids is 3. The molecular formula is C25H26N2O10. The van der Waals surface area contributed by atoms with Crippen LogP contribution in [0.1, 0.15) is 28.8 Å². The van der Waals surface area contributed by atoms with E-state index in [0.29, 0.717) is 28.4 Å². The number of ketones is 1. The molecule has 2 aromatic carbocycles. The predicted octanol–water partition coefficient (Wildman–Crippen LogP) is 1.54. The van der Waals surface area contributed by atoms with Gasteiger partial charge < -0.3 is 39.8 Å². The summed E-state index contributed by atoms with van der Waals surface area (Å²) in [5, 5.41) is 11.5. The van der Waals surface area contributed by atoms with Crippen LogP contribution >= 0.6 is 0 Å². The standard InChI is InChI=1S/C25H26N2O10/c1-33-17-11-20(35-3)19(34-2)8-13(17)9-21-24(30)15-5-4-14(10-18(15)37-21)36-12-23(29)27-16(25(31)32)6-7-22(26)28/h4-5,8-11,16H,6-7,12H2,1-3H3,(H2,26,28)(H,27,29)(H,31,32)/t16-/m0/s1. The average Bonchev–Trinajstić information content (AvgIpc) is 3.18. The molecule has 1 aliphatic heterocycles. The van der Waals surface area contributed by atoms with Gasteiger partial charge in [0.05, 0.1) is 26.9 Å². The van der Waals surface area contributed by atoms with Gasteiger partial charge in [0.25, 0.3) is 5.91 Å². The van der Waals surface area contributed by atoms with Gasteiger partial charge in [-0.2, -0.15) is 0 Å². The van der Waals surface area contributed by atoms with Crippen molar-refractivity contribution in [1.82, 2.24) is 5.32 Å².